The Morgan fingerprint density at radius 2 is 1.92 bits per heavy atom. The van der Waals surface area contributed by atoms with Gasteiger partial charge in [-0.3, -0.25) is 4.79 Å². The lowest BCUT2D eigenvalue weighted by molar-refractivity contribution is 0.0963. The fourth-order valence-corrected chi connectivity index (χ4v) is 4.94. The van der Waals surface area contributed by atoms with Crippen LogP contribution in [0.5, 0.6) is 0 Å². The lowest BCUT2D eigenvalue weighted by atomic mass is 9.97. The predicted octanol–water partition coefficient (Wildman–Crippen LogP) is 5.36. The second kappa shape index (κ2) is 9.83. The van der Waals surface area contributed by atoms with E-state index < -0.39 is 0 Å². The molecule has 0 saturated heterocycles. The summed E-state index contributed by atoms with van der Waals surface area (Å²) in [6, 6.07) is 20.3. The van der Waals surface area contributed by atoms with Gasteiger partial charge in [0.15, 0.2) is 0 Å². The van der Waals surface area contributed by atoms with Gasteiger partial charge in [0.25, 0.3) is 5.91 Å². The van der Waals surface area contributed by atoms with Gasteiger partial charge in [-0.25, -0.2) is 4.72 Å². The van der Waals surface area contributed by atoms with Crippen LogP contribution in [0.25, 0.3) is 11.1 Å². The Morgan fingerprint density at radius 3 is 2.65 bits per heavy atom. The molecule has 6 heteroatoms. The first kappa shape index (κ1) is 19.0. The second-order valence-corrected chi connectivity index (χ2v) is 8.79. The van der Waals surface area contributed by atoms with Gasteiger partial charge in [0, 0.05) is 29.8 Å². The molecule has 1 heterocycles. The topological polar surface area (TPSA) is 41.1 Å². The maximum atomic E-state index is 12.2. The van der Waals surface area contributed by atoms with Crippen molar-refractivity contribution in [1.82, 2.24) is 10.0 Å². The Hall–Kier alpha value is -1.73. The molecule has 2 aromatic carbocycles. The number of benzene rings is 2. The molecule has 3 aromatic rings. The number of carbonyl (C=O) groups is 1. The molecule has 0 aliphatic rings. The van der Waals surface area contributed by atoms with Crippen molar-refractivity contribution < 1.29 is 4.79 Å². The average molecular weight is 401 g/mol. The number of nitrogens with one attached hydrogen (secondary N) is 2. The highest BCUT2D eigenvalue weighted by Crippen LogP contribution is 2.29. The summed E-state index contributed by atoms with van der Waals surface area (Å²) >= 11 is 1.76. The largest absolute Gasteiger partial charge is 0.355 e. The molecule has 0 unspecified atom stereocenters. The minimum Gasteiger partial charge on any atom is -0.355 e. The first-order chi connectivity index (χ1) is 12.8. The molecule has 2 N–H and O–H groups in total. The summed E-state index contributed by atoms with van der Waals surface area (Å²) < 4.78 is 3.37. The Balaban J connectivity index is 1.65. The Kier molecular flexibility index (Phi) is 7.20. The summed E-state index contributed by atoms with van der Waals surface area (Å²) in [6.45, 7) is 0.875. The van der Waals surface area contributed by atoms with Gasteiger partial charge in [-0.2, -0.15) is 0 Å². The number of rotatable bonds is 8. The molecule has 1 amide bonds. The molecule has 3 rings (SSSR count). The van der Waals surface area contributed by atoms with E-state index in [-0.39, 0.29) is 5.91 Å². The Labute approximate surface area is 166 Å². The molecule has 26 heavy (non-hydrogen) atoms. The minimum atomic E-state index is -0.0601. The van der Waals surface area contributed by atoms with Gasteiger partial charge < -0.3 is 5.32 Å². The fraction of sp³-hybridized carbons (Fsp3) is 0.150. The van der Waals surface area contributed by atoms with Gasteiger partial charge >= 0.3 is 0 Å². The molecule has 134 valence electrons. The summed E-state index contributed by atoms with van der Waals surface area (Å²) in [5.74, 6) is 0.811. The van der Waals surface area contributed by atoms with Crippen LogP contribution in [-0.4, -0.2) is 13.0 Å². The minimum absolute atomic E-state index is 0.0601. The van der Waals surface area contributed by atoms with E-state index in [0.717, 1.165) is 23.4 Å². The van der Waals surface area contributed by atoms with Crippen LogP contribution in [-0.2, 0) is 12.3 Å². The average Bonchev–Trinajstić information content (AvgIpc) is 3.21. The van der Waals surface area contributed by atoms with Crippen molar-refractivity contribution in [2.45, 2.75) is 12.3 Å². The van der Waals surface area contributed by atoms with Crippen molar-refractivity contribution in [3.63, 3.8) is 0 Å². The summed E-state index contributed by atoms with van der Waals surface area (Å²) in [4.78, 5) is 13.5. The zero-order valence-electron chi connectivity index (χ0n) is 14.4. The van der Waals surface area contributed by atoms with E-state index in [9.17, 15) is 4.79 Å². The molecule has 0 aliphatic heterocycles. The molecule has 0 spiro atoms. The SMILES string of the molecule is CNC(=O)c1ccc(CSSNCc2cccs2)cc1-c1ccccc1. The van der Waals surface area contributed by atoms with Crippen LogP contribution in [0, 0.1) is 0 Å². The molecule has 1 aromatic heterocycles. The molecular weight excluding hydrogens is 380 g/mol. The number of amides is 1. The van der Waals surface area contributed by atoms with E-state index in [1.165, 1.54) is 10.4 Å². The highest BCUT2D eigenvalue weighted by atomic mass is 33.1. The highest BCUT2D eigenvalue weighted by Gasteiger charge is 2.12. The van der Waals surface area contributed by atoms with Crippen LogP contribution in [0.15, 0.2) is 66.0 Å². The van der Waals surface area contributed by atoms with Crippen LogP contribution in [0.2, 0.25) is 0 Å². The molecule has 0 bridgehead atoms. The quantitative estimate of drug-likeness (QED) is 0.303. The van der Waals surface area contributed by atoms with Crippen molar-refractivity contribution in [2.75, 3.05) is 7.05 Å². The highest BCUT2D eigenvalue weighted by molar-refractivity contribution is 8.75. The van der Waals surface area contributed by atoms with Gasteiger partial charge in [0.1, 0.15) is 0 Å². The molecule has 0 atom stereocenters. The van der Waals surface area contributed by atoms with Gasteiger partial charge in [-0.05, 0) is 51.2 Å². The predicted molar refractivity (Wildman–Crippen MR) is 115 cm³/mol. The van der Waals surface area contributed by atoms with Crippen LogP contribution in [0.3, 0.4) is 0 Å². The number of thiophene rings is 1. The maximum absolute atomic E-state index is 12.2. The standard InChI is InChI=1S/C20H20N2OS3/c1-21-20(23)18-10-9-15(12-19(18)16-6-3-2-4-7-16)14-25-26-22-13-17-8-5-11-24-17/h2-12,22H,13-14H2,1H3,(H,21,23). The first-order valence-electron chi connectivity index (χ1n) is 8.22. The van der Waals surface area contributed by atoms with Crippen LogP contribution >= 0.6 is 33.1 Å². The summed E-state index contributed by atoms with van der Waals surface area (Å²) in [5.41, 5.74) is 3.93. The van der Waals surface area contributed by atoms with Gasteiger partial charge in [0.2, 0.25) is 0 Å². The van der Waals surface area contributed by atoms with E-state index in [0.29, 0.717) is 5.56 Å². The third-order valence-electron chi connectivity index (χ3n) is 3.81. The van der Waals surface area contributed by atoms with E-state index >= 15 is 0 Å². The number of carbonyl (C=O) groups excluding carboxylic acids is 1. The van der Waals surface area contributed by atoms with Crippen molar-refractivity contribution in [1.29, 1.82) is 0 Å². The van der Waals surface area contributed by atoms with Gasteiger partial charge in [0.05, 0.1) is 0 Å². The summed E-state index contributed by atoms with van der Waals surface area (Å²) in [6.07, 6.45) is 0. The maximum Gasteiger partial charge on any atom is 0.251 e. The Bertz CT molecular complexity index is 836. The zero-order valence-corrected chi connectivity index (χ0v) is 16.8. The molecule has 0 fully saturated rings. The van der Waals surface area contributed by atoms with E-state index in [4.69, 9.17) is 0 Å². The van der Waals surface area contributed by atoms with E-state index in [1.807, 2.05) is 42.5 Å². The third kappa shape index (κ3) is 5.14. The molecule has 0 saturated carbocycles. The van der Waals surface area contributed by atoms with Crippen LogP contribution in [0.4, 0.5) is 0 Å². The van der Waals surface area contributed by atoms with Gasteiger partial charge in [-0.15, -0.1) is 11.3 Å². The first-order valence-corrected chi connectivity index (χ1v) is 11.4. The van der Waals surface area contributed by atoms with E-state index in [1.54, 1.807) is 40.2 Å². The summed E-state index contributed by atoms with van der Waals surface area (Å²) in [5, 5.41) is 4.82. The third-order valence-corrected chi connectivity index (χ3v) is 6.58. The van der Waals surface area contributed by atoms with Crippen molar-refractivity contribution in [3.05, 3.63) is 82.0 Å². The molecular formula is C20H20N2OS3. The summed E-state index contributed by atoms with van der Waals surface area (Å²) in [7, 11) is 5.08. The molecule has 3 nitrogen and oxygen atoms in total. The normalized spacial score (nSPS) is 10.7. The lowest BCUT2D eigenvalue weighted by Gasteiger charge is -2.11. The lowest BCUT2D eigenvalue weighted by Crippen LogP contribution is -2.18. The van der Waals surface area contributed by atoms with Gasteiger partial charge in [-0.1, -0.05) is 53.3 Å². The number of hydrogen-bond acceptors (Lipinski definition) is 5. The van der Waals surface area contributed by atoms with E-state index in [2.05, 4.69) is 33.6 Å². The van der Waals surface area contributed by atoms with Crippen molar-refractivity contribution >= 4 is 39.0 Å². The van der Waals surface area contributed by atoms with Crippen molar-refractivity contribution in [3.8, 4) is 11.1 Å². The molecule has 0 aliphatic carbocycles. The Morgan fingerprint density at radius 1 is 1.08 bits per heavy atom. The fourth-order valence-electron chi connectivity index (χ4n) is 2.52. The van der Waals surface area contributed by atoms with Crippen LogP contribution < -0.4 is 10.0 Å². The second-order valence-electron chi connectivity index (χ2n) is 5.57. The number of hydrogen-bond donors (Lipinski definition) is 2. The van der Waals surface area contributed by atoms with Crippen LogP contribution in [0.1, 0.15) is 20.8 Å². The van der Waals surface area contributed by atoms with Crippen molar-refractivity contribution in [2.24, 2.45) is 0 Å². The zero-order chi connectivity index (χ0) is 18.2. The monoisotopic (exact) mass is 400 g/mol. The molecule has 0 radical (unpaired) electrons. The smallest absolute Gasteiger partial charge is 0.251 e.